The molecule has 0 radical (unpaired) electrons. The molecule has 0 atom stereocenters. The van der Waals surface area contributed by atoms with E-state index in [-0.39, 0.29) is 19.0 Å². The molecule has 0 fully saturated rings. The van der Waals surface area contributed by atoms with Crippen molar-refractivity contribution in [3.63, 3.8) is 0 Å². The van der Waals surface area contributed by atoms with Crippen molar-refractivity contribution in [1.29, 1.82) is 0 Å². The molecule has 8 heteroatoms. The fourth-order valence-electron chi connectivity index (χ4n) is 0.853. The minimum atomic E-state index is -3.79. The lowest BCUT2D eigenvalue weighted by atomic mass is 10.5. The van der Waals surface area contributed by atoms with Crippen LogP contribution >= 0.6 is 19.4 Å². The topological polar surface area (TPSA) is 65.1 Å². The van der Waals surface area contributed by atoms with E-state index in [4.69, 9.17) is 25.2 Å². The lowest BCUT2D eigenvalue weighted by Gasteiger charge is -2.19. The zero-order valence-electron chi connectivity index (χ0n) is 10.3. The molecule has 1 amide bonds. The van der Waals surface area contributed by atoms with Gasteiger partial charge < -0.3 is 9.42 Å². The molecule has 0 bridgehead atoms. The van der Waals surface area contributed by atoms with Gasteiger partial charge in [0.25, 0.3) is 5.91 Å². The highest BCUT2D eigenvalue weighted by molar-refractivity contribution is 7.48. The Balaban J connectivity index is 4.85. The molecule has 100 valence electrons. The average molecular weight is 286 g/mol. The summed E-state index contributed by atoms with van der Waals surface area (Å²) in [5.41, 5.74) is 0.896. The van der Waals surface area contributed by atoms with Crippen molar-refractivity contribution in [1.82, 2.24) is 4.90 Å². The number of nitrogens with zero attached hydrogens (tertiary/aromatic N) is 1. The van der Waals surface area contributed by atoms with Crippen molar-refractivity contribution in [2.45, 2.75) is 13.8 Å². The van der Waals surface area contributed by atoms with Crippen LogP contribution in [0.4, 0.5) is 0 Å². The van der Waals surface area contributed by atoms with E-state index in [2.05, 4.69) is 0 Å². The standard InChI is InChI=1S/C9H17ClNO5P/c1-5-14-17(13,15-6-2)16-8(7-10)9(12)11(3)4/h7H,5-6H2,1-4H3/b8-7+. The second-order valence-corrected chi connectivity index (χ2v) is 4.86. The lowest BCUT2D eigenvalue weighted by Crippen LogP contribution is -2.24. The summed E-state index contributed by atoms with van der Waals surface area (Å²) in [7, 11) is -0.761. The molecule has 0 heterocycles. The third-order valence-corrected chi connectivity index (χ3v) is 3.27. The summed E-state index contributed by atoms with van der Waals surface area (Å²) in [5.74, 6) is -0.818. The van der Waals surface area contributed by atoms with Crippen molar-refractivity contribution >= 4 is 25.3 Å². The largest absolute Gasteiger partial charge is 0.530 e. The van der Waals surface area contributed by atoms with Gasteiger partial charge in [0.15, 0.2) is 0 Å². The number of halogens is 1. The SMILES string of the molecule is CCOP(=O)(OCC)O/C(=C/Cl)C(=O)N(C)C. The number of carbonyl (C=O) groups is 1. The fourth-order valence-corrected chi connectivity index (χ4v) is 2.24. The van der Waals surface area contributed by atoms with Gasteiger partial charge in [-0.25, -0.2) is 4.57 Å². The van der Waals surface area contributed by atoms with Crippen molar-refractivity contribution in [2.75, 3.05) is 27.3 Å². The van der Waals surface area contributed by atoms with Crippen LogP contribution in [0.25, 0.3) is 0 Å². The molecule has 6 nitrogen and oxygen atoms in total. The molecule has 0 aliphatic carbocycles. The van der Waals surface area contributed by atoms with E-state index in [1.807, 2.05) is 0 Å². The minimum absolute atomic E-state index is 0.128. The van der Waals surface area contributed by atoms with Gasteiger partial charge in [0, 0.05) is 14.1 Å². The zero-order valence-corrected chi connectivity index (χ0v) is 12.0. The summed E-state index contributed by atoms with van der Waals surface area (Å²) in [6.45, 7) is 3.52. The Hall–Kier alpha value is -0.550. The quantitative estimate of drug-likeness (QED) is 0.408. The first kappa shape index (κ1) is 16.4. The number of hydrogen-bond donors (Lipinski definition) is 0. The second-order valence-electron chi connectivity index (χ2n) is 3.05. The molecule has 0 spiro atoms. The number of hydrogen-bond acceptors (Lipinski definition) is 5. The van der Waals surface area contributed by atoms with Gasteiger partial charge in [-0.1, -0.05) is 11.6 Å². The van der Waals surface area contributed by atoms with Crippen molar-refractivity contribution in [3.8, 4) is 0 Å². The Kier molecular flexibility index (Phi) is 7.46. The normalized spacial score (nSPS) is 12.4. The Morgan fingerprint density at radius 2 is 1.76 bits per heavy atom. The molecule has 17 heavy (non-hydrogen) atoms. The molecule has 0 aliphatic heterocycles. The third kappa shape index (κ3) is 5.55. The van der Waals surface area contributed by atoms with E-state index in [0.29, 0.717) is 0 Å². The molecule has 0 aliphatic rings. The smallest absolute Gasteiger partial charge is 0.397 e. The van der Waals surface area contributed by atoms with E-state index in [0.717, 1.165) is 5.54 Å². The van der Waals surface area contributed by atoms with Crippen LogP contribution < -0.4 is 0 Å². The van der Waals surface area contributed by atoms with Crippen LogP contribution in [-0.2, 0) is 22.9 Å². The molecule has 0 saturated heterocycles. The van der Waals surface area contributed by atoms with Gasteiger partial charge >= 0.3 is 7.82 Å². The van der Waals surface area contributed by atoms with Crippen LogP contribution in [0.5, 0.6) is 0 Å². The molecule has 0 aromatic rings. The molecule has 0 rings (SSSR count). The number of likely N-dealkylation sites (N-methyl/N-ethyl adjacent to an activating group) is 1. The third-order valence-electron chi connectivity index (χ3n) is 1.50. The first-order valence-electron chi connectivity index (χ1n) is 5.01. The minimum Gasteiger partial charge on any atom is -0.397 e. The summed E-state index contributed by atoms with van der Waals surface area (Å²) in [6, 6.07) is 0. The van der Waals surface area contributed by atoms with E-state index in [9.17, 15) is 9.36 Å². The van der Waals surface area contributed by atoms with E-state index in [1.165, 1.54) is 19.0 Å². The summed E-state index contributed by atoms with van der Waals surface area (Å²) < 4.78 is 26.7. The van der Waals surface area contributed by atoms with Crippen LogP contribution in [0, 0.1) is 0 Å². The summed E-state index contributed by atoms with van der Waals surface area (Å²) in [6.07, 6.45) is 0. The van der Waals surface area contributed by atoms with Crippen LogP contribution in [-0.4, -0.2) is 38.1 Å². The average Bonchev–Trinajstić information content (AvgIpc) is 2.25. The molecule has 0 aromatic heterocycles. The summed E-state index contributed by atoms with van der Waals surface area (Å²) in [4.78, 5) is 12.8. The molecule has 0 N–H and O–H groups in total. The van der Waals surface area contributed by atoms with Gasteiger partial charge in [-0.2, -0.15) is 0 Å². The highest BCUT2D eigenvalue weighted by atomic mass is 35.5. The molecule has 0 unspecified atom stereocenters. The Bertz CT molecular complexity index is 321. The van der Waals surface area contributed by atoms with E-state index in [1.54, 1.807) is 13.8 Å². The number of amides is 1. The van der Waals surface area contributed by atoms with E-state index >= 15 is 0 Å². The van der Waals surface area contributed by atoms with Gasteiger partial charge in [-0.05, 0) is 13.8 Å². The van der Waals surface area contributed by atoms with Gasteiger partial charge in [-0.3, -0.25) is 13.8 Å². The van der Waals surface area contributed by atoms with Crippen LogP contribution in [0.3, 0.4) is 0 Å². The van der Waals surface area contributed by atoms with Gasteiger partial charge in [0.05, 0.1) is 18.7 Å². The molecule has 0 saturated carbocycles. The highest BCUT2D eigenvalue weighted by Crippen LogP contribution is 2.51. The Morgan fingerprint density at radius 1 is 1.29 bits per heavy atom. The van der Waals surface area contributed by atoms with Gasteiger partial charge in [0.1, 0.15) is 0 Å². The van der Waals surface area contributed by atoms with Gasteiger partial charge in [0.2, 0.25) is 5.76 Å². The molecular formula is C9H17ClNO5P. The van der Waals surface area contributed by atoms with Crippen molar-refractivity contribution < 1.29 is 22.9 Å². The number of carbonyl (C=O) groups excluding carboxylic acids is 1. The van der Waals surface area contributed by atoms with Crippen LogP contribution in [0.1, 0.15) is 13.8 Å². The van der Waals surface area contributed by atoms with E-state index < -0.39 is 13.7 Å². The predicted molar refractivity (Wildman–Crippen MR) is 64.6 cm³/mol. The number of phosphoric acid groups is 1. The maximum absolute atomic E-state index is 12.0. The Labute approximate surface area is 106 Å². The maximum Gasteiger partial charge on any atom is 0.530 e. The second kappa shape index (κ2) is 7.71. The monoisotopic (exact) mass is 285 g/mol. The van der Waals surface area contributed by atoms with Crippen molar-refractivity contribution in [3.05, 3.63) is 11.3 Å². The first-order chi connectivity index (χ1) is 7.90. The fraction of sp³-hybridized carbons (Fsp3) is 0.667. The molecule has 0 aromatic carbocycles. The lowest BCUT2D eigenvalue weighted by molar-refractivity contribution is -0.127. The summed E-state index contributed by atoms with van der Waals surface area (Å²) in [5, 5.41) is 0. The van der Waals surface area contributed by atoms with Crippen LogP contribution in [0.15, 0.2) is 11.3 Å². The first-order valence-corrected chi connectivity index (χ1v) is 6.90. The Morgan fingerprint density at radius 3 is 2.06 bits per heavy atom. The number of phosphoric ester groups is 1. The highest BCUT2D eigenvalue weighted by Gasteiger charge is 2.31. The summed E-state index contributed by atoms with van der Waals surface area (Å²) >= 11 is 5.45. The predicted octanol–water partition coefficient (Wildman–Crippen LogP) is 2.35. The number of rotatable bonds is 7. The maximum atomic E-state index is 12.0. The van der Waals surface area contributed by atoms with Gasteiger partial charge in [-0.15, -0.1) is 0 Å². The zero-order chi connectivity index (χ0) is 13.5. The van der Waals surface area contributed by atoms with Crippen molar-refractivity contribution in [2.24, 2.45) is 0 Å². The van der Waals surface area contributed by atoms with Crippen LogP contribution in [0.2, 0.25) is 0 Å². The molecular weight excluding hydrogens is 269 g/mol.